The summed E-state index contributed by atoms with van der Waals surface area (Å²) in [5.41, 5.74) is 0. The minimum Gasteiger partial charge on any atom is -0.382 e. The number of rotatable bonds is 11. The normalized spacial score (nSPS) is 11.6. The highest BCUT2D eigenvalue weighted by molar-refractivity contribution is 5.79. The molecule has 0 spiro atoms. The Hall–Kier alpha value is -0.810. The summed E-state index contributed by atoms with van der Waals surface area (Å²) in [7, 11) is 3.46. The van der Waals surface area contributed by atoms with E-state index in [0.29, 0.717) is 19.8 Å². The molecule has 0 bridgehead atoms. The molecule has 0 rings (SSSR count). The van der Waals surface area contributed by atoms with Gasteiger partial charge in [0.2, 0.25) is 0 Å². The van der Waals surface area contributed by atoms with E-state index < -0.39 is 0 Å². The first-order valence-electron chi connectivity index (χ1n) is 6.86. The summed E-state index contributed by atoms with van der Waals surface area (Å²) >= 11 is 0. The predicted molar refractivity (Wildman–Crippen MR) is 76.2 cm³/mol. The molecule has 5 heteroatoms. The summed E-state index contributed by atoms with van der Waals surface area (Å²) in [6.45, 7) is 5.91. The van der Waals surface area contributed by atoms with Gasteiger partial charge in [0.15, 0.2) is 5.96 Å². The van der Waals surface area contributed by atoms with E-state index in [2.05, 4.69) is 22.5 Å². The van der Waals surface area contributed by atoms with Crippen LogP contribution in [0.4, 0.5) is 0 Å². The molecular weight excluding hydrogens is 230 g/mol. The molecule has 0 heterocycles. The van der Waals surface area contributed by atoms with Gasteiger partial charge in [-0.1, -0.05) is 26.2 Å². The molecule has 0 aromatic heterocycles. The number of unbranched alkanes of at least 4 members (excludes halogenated alkanes) is 3. The lowest BCUT2D eigenvalue weighted by molar-refractivity contribution is 0.0733. The van der Waals surface area contributed by atoms with Gasteiger partial charge in [-0.25, -0.2) is 0 Å². The van der Waals surface area contributed by atoms with Gasteiger partial charge in [0.25, 0.3) is 0 Å². The van der Waals surface area contributed by atoms with Crippen LogP contribution >= 0.6 is 0 Å². The third-order valence-electron chi connectivity index (χ3n) is 2.52. The van der Waals surface area contributed by atoms with Crippen molar-refractivity contribution in [1.29, 1.82) is 0 Å². The summed E-state index contributed by atoms with van der Waals surface area (Å²) < 4.78 is 10.3. The molecular formula is C13H29N3O2. The lowest BCUT2D eigenvalue weighted by Crippen LogP contribution is -2.39. The number of methoxy groups -OCH3 is 1. The Kier molecular flexibility index (Phi) is 13.6. The Bertz CT molecular complexity index is 199. The van der Waals surface area contributed by atoms with Gasteiger partial charge >= 0.3 is 0 Å². The van der Waals surface area contributed by atoms with E-state index >= 15 is 0 Å². The number of ether oxygens (including phenoxy) is 2. The third kappa shape index (κ3) is 11.7. The minimum absolute atomic E-state index is 0.640. The molecule has 0 aliphatic carbocycles. The molecule has 0 atom stereocenters. The Morgan fingerprint density at radius 1 is 1.00 bits per heavy atom. The summed E-state index contributed by atoms with van der Waals surface area (Å²) in [5, 5.41) is 6.50. The number of nitrogens with zero attached hydrogens (tertiary/aromatic N) is 1. The molecule has 0 amide bonds. The van der Waals surface area contributed by atoms with Crippen LogP contribution in [-0.4, -0.2) is 53.0 Å². The van der Waals surface area contributed by atoms with E-state index in [1.807, 2.05) is 0 Å². The van der Waals surface area contributed by atoms with Crippen LogP contribution in [0.25, 0.3) is 0 Å². The highest BCUT2D eigenvalue weighted by Crippen LogP contribution is 1.96. The molecule has 0 aromatic carbocycles. The van der Waals surface area contributed by atoms with Crippen LogP contribution < -0.4 is 10.6 Å². The molecule has 0 radical (unpaired) electrons. The topological polar surface area (TPSA) is 54.9 Å². The summed E-state index contributed by atoms with van der Waals surface area (Å²) in [6, 6.07) is 0. The quantitative estimate of drug-likeness (QED) is 0.334. The third-order valence-corrected chi connectivity index (χ3v) is 2.52. The largest absolute Gasteiger partial charge is 0.382 e. The number of hydrogen-bond acceptors (Lipinski definition) is 3. The molecule has 0 aliphatic rings. The van der Waals surface area contributed by atoms with Crippen molar-refractivity contribution in [1.82, 2.24) is 10.6 Å². The Morgan fingerprint density at radius 2 is 1.78 bits per heavy atom. The van der Waals surface area contributed by atoms with Crippen LogP contribution in [0.3, 0.4) is 0 Å². The zero-order valence-corrected chi connectivity index (χ0v) is 12.1. The first-order valence-corrected chi connectivity index (χ1v) is 6.86. The molecule has 0 fully saturated rings. The van der Waals surface area contributed by atoms with Crippen LogP contribution in [0.2, 0.25) is 0 Å². The highest BCUT2D eigenvalue weighted by Gasteiger charge is 1.96. The molecule has 0 aliphatic heterocycles. The van der Waals surface area contributed by atoms with Crippen molar-refractivity contribution < 1.29 is 9.47 Å². The maximum atomic E-state index is 5.36. The van der Waals surface area contributed by atoms with E-state index in [-0.39, 0.29) is 0 Å². The van der Waals surface area contributed by atoms with E-state index in [0.717, 1.165) is 19.0 Å². The Balaban J connectivity index is 3.36. The average Bonchev–Trinajstić information content (AvgIpc) is 2.40. The van der Waals surface area contributed by atoms with Crippen LogP contribution in [0.15, 0.2) is 4.99 Å². The first kappa shape index (κ1) is 17.2. The average molecular weight is 259 g/mol. The second-order valence-corrected chi connectivity index (χ2v) is 4.09. The van der Waals surface area contributed by atoms with Crippen molar-refractivity contribution in [3.63, 3.8) is 0 Å². The predicted octanol–water partition coefficient (Wildman–Crippen LogP) is 1.39. The fourth-order valence-electron chi connectivity index (χ4n) is 1.47. The fraction of sp³-hybridized carbons (Fsp3) is 0.923. The zero-order chi connectivity index (χ0) is 13.5. The van der Waals surface area contributed by atoms with Crippen LogP contribution in [0, 0.1) is 0 Å². The molecule has 2 N–H and O–H groups in total. The van der Waals surface area contributed by atoms with Gasteiger partial charge in [0.1, 0.15) is 0 Å². The number of nitrogens with one attached hydrogen (secondary N) is 2. The maximum Gasteiger partial charge on any atom is 0.191 e. The summed E-state index contributed by atoms with van der Waals surface area (Å²) in [5.74, 6) is 0.849. The van der Waals surface area contributed by atoms with E-state index in [1.54, 1.807) is 14.2 Å². The second-order valence-electron chi connectivity index (χ2n) is 4.09. The van der Waals surface area contributed by atoms with Crippen molar-refractivity contribution in [3.8, 4) is 0 Å². The van der Waals surface area contributed by atoms with Gasteiger partial charge in [-0.3, -0.25) is 4.99 Å². The van der Waals surface area contributed by atoms with Gasteiger partial charge in [-0.2, -0.15) is 0 Å². The Morgan fingerprint density at radius 3 is 2.44 bits per heavy atom. The monoisotopic (exact) mass is 259 g/mol. The van der Waals surface area contributed by atoms with Crippen molar-refractivity contribution in [3.05, 3.63) is 0 Å². The Labute approximate surface area is 111 Å². The van der Waals surface area contributed by atoms with Crippen LogP contribution in [0.5, 0.6) is 0 Å². The van der Waals surface area contributed by atoms with E-state index in [9.17, 15) is 0 Å². The highest BCUT2D eigenvalue weighted by atomic mass is 16.5. The van der Waals surface area contributed by atoms with Crippen LogP contribution in [-0.2, 0) is 9.47 Å². The SMILES string of the molecule is CCCCCCNC(=NC)NCCOCCOC. The lowest BCUT2D eigenvalue weighted by atomic mass is 10.2. The van der Waals surface area contributed by atoms with Crippen molar-refractivity contribution in [2.24, 2.45) is 4.99 Å². The van der Waals surface area contributed by atoms with E-state index in [4.69, 9.17) is 9.47 Å². The van der Waals surface area contributed by atoms with Gasteiger partial charge < -0.3 is 20.1 Å². The molecule has 0 unspecified atom stereocenters. The second kappa shape index (κ2) is 14.3. The lowest BCUT2D eigenvalue weighted by Gasteiger charge is -2.11. The molecule has 5 nitrogen and oxygen atoms in total. The number of guanidine groups is 1. The maximum absolute atomic E-state index is 5.36. The van der Waals surface area contributed by atoms with Gasteiger partial charge in [0, 0.05) is 27.2 Å². The molecule has 0 saturated heterocycles. The molecule has 108 valence electrons. The zero-order valence-electron chi connectivity index (χ0n) is 12.1. The van der Waals surface area contributed by atoms with Gasteiger partial charge in [-0.05, 0) is 6.42 Å². The number of aliphatic imine (C=N–C) groups is 1. The smallest absolute Gasteiger partial charge is 0.191 e. The minimum atomic E-state index is 0.640. The molecule has 18 heavy (non-hydrogen) atoms. The van der Waals surface area contributed by atoms with Gasteiger partial charge in [0.05, 0.1) is 19.8 Å². The number of hydrogen-bond donors (Lipinski definition) is 2. The van der Waals surface area contributed by atoms with Crippen molar-refractivity contribution >= 4 is 5.96 Å². The van der Waals surface area contributed by atoms with Crippen molar-refractivity contribution in [2.75, 3.05) is 47.1 Å². The molecule has 0 aromatic rings. The summed E-state index contributed by atoms with van der Waals surface area (Å²) in [6.07, 6.45) is 5.05. The standard InChI is InChI=1S/C13H29N3O2/c1-4-5-6-7-8-15-13(14-2)16-9-10-18-12-11-17-3/h4-12H2,1-3H3,(H2,14,15,16). The fourth-order valence-corrected chi connectivity index (χ4v) is 1.47. The van der Waals surface area contributed by atoms with Gasteiger partial charge in [-0.15, -0.1) is 0 Å². The van der Waals surface area contributed by atoms with Crippen molar-refractivity contribution in [2.45, 2.75) is 32.6 Å². The summed E-state index contributed by atoms with van der Waals surface area (Å²) in [4.78, 5) is 4.15. The first-order chi connectivity index (χ1) is 8.85. The molecule has 0 saturated carbocycles. The van der Waals surface area contributed by atoms with Crippen LogP contribution in [0.1, 0.15) is 32.6 Å². The van der Waals surface area contributed by atoms with E-state index in [1.165, 1.54) is 25.7 Å².